The number of pyridine rings is 1. The summed E-state index contributed by atoms with van der Waals surface area (Å²) in [5.41, 5.74) is 0.235. The lowest BCUT2D eigenvalue weighted by Gasteiger charge is -2.35. The predicted octanol–water partition coefficient (Wildman–Crippen LogP) is 1.52. The summed E-state index contributed by atoms with van der Waals surface area (Å²) in [6, 6.07) is 6.96. The molecular formula is C21H24FN3O5. The molecule has 160 valence electrons. The topological polar surface area (TPSA) is 120 Å². The molecule has 0 unspecified atom stereocenters. The highest BCUT2D eigenvalue weighted by Crippen LogP contribution is 2.23. The monoisotopic (exact) mass is 417 g/mol. The van der Waals surface area contributed by atoms with Crippen LogP contribution >= 0.6 is 0 Å². The van der Waals surface area contributed by atoms with Gasteiger partial charge >= 0.3 is 5.97 Å². The highest BCUT2D eigenvalue weighted by molar-refractivity contribution is 6.06. The van der Waals surface area contributed by atoms with Gasteiger partial charge in [0.15, 0.2) is 0 Å². The van der Waals surface area contributed by atoms with E-state index in [-0.39, 0.29) is 5.69 Å². The second-order valence-electron chi connectivity index (χ2n) is 7.33. The number of amides is 2. The molecule has 0 radical (unpaired) electrons. The van der Waals surface area contributed by atoms with E-state index in [2.05, 4.69) is 10.3 Å². The first kappa shape index (κ1) is 21.6. The first-order chi connectivity index (χ1) is 14.4. The third kappa shape index (κ3) is 4.73. The number of carboxylic acids is 1. The van der Waals surface area contributed by atoms with Crippen molar-refractivity contribution < 1.29 is 29.0 Å². The van der Waals surface area contributed by atoms with E-state index in [9.17, 15) is 23.9 Å². The molecule has 3 rings (SSSR count). The van der Waals surface area contributed by atoms with Crippen LogP contribution in [0.5, 0.6) is 0 Å². The minimum Gasteiger partial charge on any atom is -0.481 e. The molecule has 2 amide bonds. The van der Waals surface area contributed by atoms with Gasteiger partial charge in [-0.1, -0.05) is 24.3 Å². The molecule has 1 aromatic carbocycles. The number of aliphatic hydroxyl groups excluding tert-OH is 1. The Morgan fingerprint density at radius 3 is 2.73 bits per heavy atom. The van der Waals surface area contributed by atoms with Crippen LogP contribution < -0.4 is 5.32 Å². The molecule has 3 atom stereocenters. The summed E-state index contributed by atoms with van der Waals surface area (Å²) in [7, 11) is 0. The Hall–Kier alpha value is -3.07. The Balaban J connectivity index is 1.84. The van der Waals surface area contributed by atoms with Gasteiger partial charge < -0.3 is 20.4 Å². The molecule has 3 N–H and O–H groups in total. The molecule has 0 aliphatic carbocycles. The average molecular weight is 417 g/mol. The van der Waals surface area contributed by atoms with E-state index in [0.29, 0.717) is 31.2 Å². The Labute approximate surface area is 172 Å². The molecule has 9 heteroatoms. The highest BCUT2D eigenvalue weighted by atomic mass is 19.1. The predicted molar refractivity (Wildman–Crippen MR) is 107 cm³/mol. The van der Waals surface area contributed by atoms with Gasteiger partial charge in [0.2, 0.25) is 5.91 Å². The first-order valence-electron chi connectivity index (χ1n) is 9.83. The lowest BCUT2D eigenvalue weighted by atomic mass is 9.98. The molecule has 0 spiro atoms. The number of aliphatic hydroxyl groups is 1. The minimum atomic E-state index is -1.64. The second-order valence-corrected chi connectivity index (χ2v) is 7.33. The SMILES string of the molecule is O=C(O)C[C@H](NC(=O)[C@@H]1CCCCN1C(=O)c1nccc2ccccc12)[C@@H](O)CF. The van der Waals surface area contributed by atoms with Crippen LogP contribution in [0.1, 0.15) is 36.2 Å². The zero-order valence-corrected chi connectivity index (χ0v) is 16.3. The van der Waals surface area contributed by atoms with Gasteiger partial charge in [-0.3, -0.25) is 19.4 Å². The number of likely N-dealkylation sites (tertiary alicyclic amines) is 1. The molecule has 2 heterocycles. The van der Waals surface area contributed by atoms with Gasteiger partial charge in [-0.05, 0) is 30.7 Å². The summed E-state index contributed by atoms with van der Waals surface area (Å²) < 4.78 is 12.9. The van der Waals surface area contributed by atoms with Crippen molar-refractivity contribution >= 4 is 28.6 Å². The summed E-state index contributed by atoms with van der Waals surface area (Å²) in [5.74, 6) is -2.28. The smallest absolute Gasteiger partial charge is 0.305 e. The van der Waals surface area contributed by atoms with Gasteiger partial charge in [-0.15, -0.1) is 0 Å². The summed E-state index contributed by atoms with van der Waals surface area (Å²) >= 11 is 0. The Bertz CT molecular complexity index is 933. The van der Waals surface area contributed by atoms with Crippen molar-refractivity contribution in [3.63, 3.8) is 0 Å². The van der Waals surface area contributed by atoms with E-state index in [1.54, 1.807) is 18.2 Å². The quantitative estimate of drug-likeness (QED) is 0.628. The van der Waals surface area contributed by atoms with Crippen molar-refractivity contribution in [2.45, 2.75) is 43.9 Å². The van der Waals surface area contributed by atoms with Crippen molar-refractivity contribution in [2.75, 3.05) is 13.2 Å². The highest BCUT2D eigenvalue weighted by Gasteiger charge is 2.36. The number of nitrogens with zero attached hydrogens (tertiary/aromatic N) is 2. The minimum absolute atomic E-state index is 0.235. The third-order valence-electron chi connectivity index (χ3n) is 5.29. The number of hydrogen-bond donors (Lipinski definition) is 3. The van der Waals surface area contributed by atoms with Crippen LogP contribution in [-0.2, 0) is 9.59 Å². The number of hydrogen-bond acceptors (Lipinski definition) is 5. The van der Waals surface area contributed by atoms with E-state index < -0.39 is 49.1 Å². The van der Waals surface area contributed by atoms with Crippen LogP contribution in [0, 0.1) is 0 Å². The van der Waals surface area contributed by atoms with Crippen molar-refractivity contribution in [1.29, 1.82) is 0 Å². The number of piperidine rings is 1. The van der Waals surface area contributed by atoms with Crippen molar-refractivity contribution in [1.82, 2.24) is 15.2 Å². The number of carbonyl (C=O) groups is 3. The number of carbonyl (C=O) groups excluding carboxylic acids is 2. The summed E-state index contributed by atoms with van der Waals surface area (Å²) in [5, 5.41) is 22.7. The van der Waals surface area contributed by atoms with Crippen LogP contribution in [0.25, 0.3) is 10.8 Å². The molecule has 1 aromatic heterocycles. The number of alkyl halides is 1. The van der Waals surface area contributed by atoms with Crippen molar-refractivity contribution in [3.05, 3.63) is 42.2 Å². The number of nitrogens with one attached hydrogen (secondary N) is 1. The average Bonchev–Trinajstić information content (AvgIpc) is 2.76. The number of carboxylic acid groups (broad SMARTS) is 1. The van der Waals surface area contributed by atoms with Gasteiger partial charge in [-0.25, -0.2) is 4.39 Å². The van der Waals surface area contributed by atoms with E-state index in [0.717, 1.165) is 5.39 Å². The fraction of sp³-hybridized carbons (Fsp3) is 0.429. The van der Waals surface area contributed by atoms with Crippen LogP contribution in [0.4, 0.5) is 4.39 Å². The van der Waals surface area contributed by atoms with Gasteiger partial charge in [0.25, 0.3) is 5.91 Å². The van der Waals surface area contributed by atoms with Crippen LogP contribution in [0.15, 0.2) is 36.5 Å². The fourth-order valence-electron chi connectivity index (χ4n) is 3.73. The molecule has 1 saturated heterocycles. The maximum atomic E-state index is 13.3. The number of benzene rings is 1. The maximum Gasteiger partial charge on any atom is 0.305 e. The van der Waals surface area contributed by atoms with Gasteiger partial charge in [-0.2, -0.15) is 0 Å². The zero-order valence-electron chi connectivity index (χ0n) is 16.3. The Morgan fingerprint density at radius 2 is 2.00 bits per heavy atom. The number of halogens is 1. The fourth-order valence-corrected chi connectivity index (χ4v) is 3.73. The van der Waals surface area contributed by atoms with Gasteiger partial charge in [0, 0.05) is 18.1 Å². The van der Waals surface area contributed by atoms with Gasteiger partial charge in [0.05, 0.1) is 12.5 Å². The molecule has 0 saturated carbocycles. The molecule has 30 heavy (non-hydrogen) atoms. The number of aliphatic carboxylic acids is 1. The largest absolute Gasteiger partial charge is 0.481 e. The first-order valence-corrected chi connectivity index (χ1v) is 9.83. The molecule has 1 aliphatic heterocycles. The Kier molecular flexibility index (Phi) is 6.94. The van der Waals surface area contributed by atoms with Crippen molar-refractivity contribution in [3.8, 4) is 0 Å². The number of rotatable bonds is 7. The van der Waals surface area contributed by atoms with Crippen LogP contribution in [-0.4, -0.2) is 69.3 Å². The molecule has 0 bridgehead atoms. The maximum absolute atomic E-state index is 13.3. The van der Waals surface area contributed by atoms with Gasteiger partial charge in [0.1, 0.15) is 24.5 Å². The lowest BCUT2D eigenvalue weighted by Crippen LogP contribution is -2.56. The molecule has 1 aliphatic rings. The second kappa shape index (κ2) is 9.62. The van der Waals surface area contributed by atoms with E-state index in [4.69, 9.17) is 5.11 Å². The summed E-state index contributed by atoms with van der Waals surface area (Å²) in [6.07, 6.45) is 1.08. The number of fused-ring (bicyclic) bond motifs is 1. The normalized spacial score (nSPS) is 18.6. The molecule has 8 nitrogen and oxygen atoms in total. The number of aromatic nitrogens is 1. The molecular weight excluding hydrogens is 393 g/mol. The van der Waals surface area contributed by atoms with E-state index >= 15 is 0 Å². The molecule has 1 fully saturated rings. The van der Waals surface area contributed by atoms with Crippen molar-refractivity contribution in [2.24, 2.45) is 0 Å². The summed E-state index contributed by atoms with van der Waals surface area (Å²) in [6.45, 7) is -0.845. The zero-order chi connectivity index (χ0) is 21.7. The standard InChI is InChI=1S/C21H24FN3O5/c22-12-17(26)15(11-18(27)28)24-20(29)16-7-3-4-10-25(16)21(30)19-14-6-2-1-5-13(14)8-9-23-19/h1-2,5-6,8-9,15-17,26H,3-4,7,10-12H2,(H,24,29)(H,27,28)/t15-,16-,17-/m0/s1. The van der Waals surface area contributed by atoms with Crippen LogP contribution in [0.3, 0.4) is 0 Å². The Morgan fingerprint density at radius 1 is 1.23 bits per heavy atom. The van der Waals surface area contributed by atoms with E-state index in [1.165, 1.54) is 11.1 Å². The lowest BCUT2D eigenvalue weighted by molar-refractivity contribution is -0.139. The van der Waals surface area contributed by atoms with Crippen LogP contribution in [0.2, 0.25) is 0 Å². The molecule has 2 aromatic rings. The van der Waals surface area contributed by atoms with E-state index in [1.807, 2.05) is 12.1 Å². The summed E-state index contributed by atoms with van der Waals surface area (Å²) in [4.78, 5) is 42.8. The third-order valence-corrected chi connectivity index (χ3v) is 5.29.